The molecule has 0 spiro atoms. The summed E-state index contributed by atoms with van der Waals surface area (Å²) >= 11 is 0. The van der Waals surface area contributed by atoms with E-state index in [1.165, 1.54) is 5.39 Å². The van der Waals surface area contributed by atoms with Gasteiger partial charge in [0.1, 0.15) is 12.4 Å². The summed E-state index contributed by atoms with van der Waals surface area (Å²) in [6, 6.07) is 14.1. The predicted molar refractivity (Wildman–Crippen MR) is 67.3 cm³/mol. The number of benzene rings is 2. The van der Waals surface area contributed by atoms with E-state index >= 15 is 0 Å². The number of aliphatic hydroxyl groups excluding tert-OH is 1. The summed E-state index contributed by atoms with van der Waals surface area (Å²) in [6.45, 7) is 1.39. The summed E-state index contributed by atoms with van der Waals surface area (Å²) in [5.74, 6) is 0.871. The normalized spacial score (nSPS) is 10.6. The highest BCUT2D eigenvalue weighted by molar-refractivity contribution is 5.88. The van der Waals surface area contributed by atoms with Crippen LogP contribution in [0.3, 0.4) is 0 Å². The average molecular weight is 232 g/mol. The van der Waals surface area contributed by atoms with Crippen LogP contribution in [-0.4, -0.2) is 31.5 Å². The van der Waals surface area contributed by atoms with Gasteiger partial charge in [0.25, 0.3) is 0 Å². The molecule has 0 bridgehead atoms. The molecule has 2 rings (SSSR count). The van der Waals surface area contributed by atoms with Crippen molar-refractivity contribution in [2.24, 2.45) is 0 Å². The zero-order valence-electron chi connectivity index (χ0n) is 9.63. The lowest BCUT2D eigenvalue weighted by Crippen LogP contribution is -2.09. The van der Waals surface area contributed by atoms with Crippen LogP contribution in [0.5, 0.6) is 5.75 Å². The Bertz CT molecular complexity index is 462. The van der Waals surface area contributed by atoms with Gasteiger partial charge in [-0.1, -0.05) is 36.4 Å². The van der Waals surface area contributed by atoms with Crippen molar-refractivity contribution >= 4 is 10.8 Å². The number of hydrogen-bond acceptors (Lipinski definition) is 3. The molecule has 0 aliphatic heterocycles. The molecule has 3 nitrogen and oxygen atoms in total. The molecule has 1 N–H and O–H groups in total. The molecule has 90 valence electrons. The molecule has 0 saturated carbocycles. The van der Waals surface area contributed by atoms with E-state index in [0.29, 0.717) is 19.8 Å². The summed E-state index contributed by atoms with van der Waals surface area (Å²) in [4.78, 5) is 0. The summed E-state index contributed by atoms with van der Waals surface area (Å²) in [5, 5.41) is 10.8. The van der Waals surface area contributed by atoms with Crippen molar-refractivity contribution < 1.29 is 14.6 Å². The van der Waals surface area contributed by atoms with Crippen LogP contribution in [0.25, 0.3) is 10.8 Å². The second-order valence-corrected chi connectivity index (χ2v) is 3.66. The SMILES string of the molecule is OCCOCCOc1cccc2ccccc12. The van der Waals surface area contributed by atoms with Crippen LogP contribution < -0.4 is 4.74 Å². The molecule has 0 fully saturated rings. The molecule has 0 aromatic heterocycles. The van der Waals surface area contributed by atoms with Gasteiger partial charge in [0.05, 0.1) is 19.8 Å². The summed E-state index contributed by atoms with van der Waals surface area (Å²) in [6.07, 6.45) is 0. The summed E-state index contributed by atoms with van der Waals surface area (Å²) < 4.78 is 10.8. The Morgan fingerprint density at radius 1 is 0.882 bits per heavy atom. The van der Waals surface area contributed by atoms with Crippen molar-refractivity contribution in [3.63, 3.8) is 0 Å². The fraction of sp³-hybridized carbons (Fsp3) is 0.286. The topological polar surface area (TPSA) is 38.7 Å². The number of rotatable bonds is 6. The Balaban J connectivity index is 1.98. The highest BCUT2D eigenvalue weighted by Gasteiger charge is 2.00. The van der Waals surface area contributed by atoms with E-state index < -0.39 is 0 Å². The van der Waals surface area contributed by atoms with Crippen LogP contribution in [0.1, 0.15) is 0 Å². The highest BCUT2D eigenvalue weighted by atomic mass is 16.5. The van der Waals surface area contributed by atoms with Crippen molar-refractivity contribution in [2.75, 3.05) is 26.4 Å². The zero-order chi connectivity index (χ0) is 11.9. The third kappa shape index (κ3) is 3.19. The van der Waals surface area contributed by atoms with Crippen LogP contribution in [0.2, 0.25) is 0 Å². The molecule has 2 aromatic rings. The average Bonchev–Trinajstić information content (AvgIpc) is 2.39. The van der Waals surface area contributed by atoms with Gasteiger partial charge in [-0.15, -0.1) is 0 Å². The van der Waals surface area contributed by atoms with E-state index in [-0.39, 0.29) is 6.61 Å². The molecule has 0 aliphatic rings. The first kappa shape index (κ1) is 11.9. The monoisotopic (exact) mass is 232 g/mol. The Morgan fingerprint density at radius 3 is 2.59 bits per heavy atom. The number of ether oxygens (including phenoxy) is 2. The minimum Gasteiger partial charge on any atom is -0.491 e. The lowest BCUT2D eigenvalue weighted by atomic mass is 10.1. The third-order valence-corrected chi connectivity index (χ3v) is 2.47. The molecule has 2 aromatic carbocycles. The maximum atomic E-state index is 8.56. The van der Waals surface area contributed by atoms with E-state index in [1.54, 1.807) is 0 Å². The molecule has 0 atom stereocenters. The highest BCUT2D eigenvalue weighted by Crippen LogP contribution is 2.24. The third-order valence-electron chi connectivity index (χ3n) is 2.47. The van der Waals surface area contributed by atoms with Gasteiger partial charge in [-0.2, -0.15) is 0 Å². The second kappa shape index (κ2) is 6.23. The molecular formula is C14H16O3. The molecular weight excluding hydrogens is 216 g/mol. The van der Waals surface area contributed by atoms with Gasteiger partial charge in [0.2, 0.25) is 0 Å². The van der Waals surface area contributed by atoms with Gasteiger partial charge < -0.3 is 14.6 Å². The molecule has 0 aliphatic carbocycles. The van der Waals surface area contributed by atoms with Gasteiger partial charge in [-0.3, -0.25) is 0 Å². The fourth-order valence-corrected chi connectivity index (χ4v) is 1.70. The lowest BCUT2D eigenvalue weighted by Gasteiger charge is -2.09. The fourth-order valence-electron chi connectivity index (χ4n) is 1.70. The van der Waals surface area contributed by atoms with E-state index in [2.05, 4.69) is 12.1 Å². The maximum Gasteiger partial charge on any atom is 0.127 e. The van der Waals surface area contributed by atoms with E-state index in [9.17, 15) is 0 Å². The van der Waals surface area contributed by atoms with Gasteiger partial charge in [0.15, 0.2) is 0 Å². The molecule has 0 radical (unpaired) electrons. The van der Waals surface area contributed by atoms with E-state index in [1.807, 2.05) is 30.3 Å². The molecule has 0 heterocycles. The zero-order valence-corrected chi connectivity index (χ0v) is 9.63. The smallest absolute Gasteiger partial charge is 0.127 e. The van der Waals surface area contributed by atoms with Gasteiger partial charge >= 0.3 is 0 Å². The molecule has 17 heavy (non-hydrogen) atoms. The van der Waals surface area contributed by atoms with Crippen LogP contribution in [0.15, 0.2) is 42.5 Å². The first-order chi connectivity index (χ1) is 8.42. The predicted octanol–water partition coefficient (Wildman–Crippen LogP) is 2.23. The minimum absolute atomic E-state index is 0.0499. The summed E-state index contributed by atoms with van der Waals surface area (Å²) in [5.41, 5.74) is 0. The van der Waals surface area contributed by atoms with Crippen molar-refractivity contribution in [1.82, 2.24) is 0 Å². The second-order valence-electron chi connectivity index (χ2n) is 3.66. The van der Waals surface area contributed by atoms with Crippen LogP contribution in [0.4, 0.5) is 0 Å². The van der Waals surface area contributed by atoms with Crippen molar-refractivity contribution in [3.05, 3.63) is 42.5 Å². The first-order valence-corrected chi connectivity index (χ1v) is 5.71. The quantitative estimate of drug-likeness (QED) is 0.776. The van der Waals surface area contributed by atoms with E-state index in [4.69, 9.17) is 14.6 Å². The first-order valence-electron chi connectivity index (χ1n) is 5.71. The van der Waals surface area contributed by atoms with Gasteiger partial charge in [-0.25, -0.2) is 0 Å². The van der Waals surface area contributed by atoms with Crippen molar-refractivity contribution in [1.29, 1.82) is 0 Å². The molecule has 0 unspecified atom stereocenters. The van der Waals surface area contributed by atoms with Crippen molar-refractivity contribution in [2.45, 2.75) is 0 Å². The molecule has 0 amide bonds. The Labute approximate surface area is 101 Å². The van der Waals surface area contributed by atoms with Gasteiger partial charge in [-0.05, 0) is 11.5 Å². The summed E-state index contributed by atoms with van der Waals surface area (Å²) in [7, 11) is 0. The maximum absolute atomic E-state index is 8.56. The van der Waals surface area contributed by atoms with Crippen LogP contribution in [0, 0.1) is 0 Å². The van der Waals surface area contributed by atoms with Gasteiger partial charge in [0, 0.05) is 5.39 Å². The standard InChI is InChI=1S/C14H16O3/c15-8-9-16-10-11-17-14-7-3-5-12-4-1-2-6-13(12)14/h1-7,15H,8-11H2. The Kier molecular flexibility index (Phi) is 4.36. The number of aliphatic hydroxyl groups is 1. The van der Waals surface area contributed by atoms with Crippen LogP contribution >= 0.6 is 0 Å². The van der Waals surface area contributed by atoms with Crippen molar-refractivity contribution in [3.8, 4) is 5.75 Å². The lowest BCUT2D eigenvalue weighted by molar-refractivity contribution is 0.0708. The number of fused-ring (bicyclic) bond motifs is 1. The molecule has 3 heteroatoms. The van der Waals surface area contributed by atoms with Crippen LogP contribution in [-0.2, 0) is 4.74 Å². The number of hydrogen-bond donors (Lipinski definition) is 1. The largest absolute Gasteiger partial charge is 0.491 e. The van der Waals surface area contributed by atoms with E-state index in [0.717, 1.165) is 11.1 Å². The minimum atomic E-state index is 0.0499. The molecule has 0 saturated heterocycles. The Hall–Kier alpha value is -1.58. The Morgan fingerprint density at radius 2 is 1.71 bits per heavy atom.